The van der Waals surface area contributed by atoms with Gasteiger partial charge in [0.05, 0.1) is 53.6 Å². The predicted molar refractivity (Wildman–Crippen MR) is 269 cm³/mol. The first-order valence-corrected chi connectivity index (χ1v) is 25.5. The molecule has 3 aromatic carbocycles. The lowest BCUT2D eigenvalue weighted by Gasteiger charge is -2.39. The third-order valence-electron chi connectivity index (χ3n) is 12.7. The first-order valence-electron chi connectivity index (χ1n) is 23.6. The summed E-state index contributed by atoms with van der Waals surface area (Å²) in [6.45, 7) is 15.7. The Kier molecular flexibility index (Phi) is 15.2. The van der Waals surface area contributed by atoms with E-state index in [-0.39, 0.29) is 47.6 Å². The van der Waals surface area contributed by atoms with Gasteiger partial charge in [-0.25, -0.2) is 17.9 Å². The van der Waals surface area contributed by atoms with E-state index < -0.39 is 43.1 Å². The van der Waals surface area contributed by atoms with Crippen LogP contribution in [0.2, 0.25) is 5.02 Å². The Balaban J connectivity index is 1.07. The molecule has 1 aliphatic carbocycles. The van der Waals surface area contributed by atoms with Crippen LogP contribution in [0.15, 0.2) is 83.3 Å². The number of nitro groups is 1. The third-order valence-corrected chi connectivity index (χ3v) is 14.3. The number of ether oxygens (including phenoxy) is 4. The maximum atomic E-state index is 14.4. The van der Waals surface area contributed by atoms with E-state index in [0.29, 0.717) is 62.3 Å². The summed E-state index contributed by atoms with van der Waals surface area (Å²) in [5, 5.41) is 18.5. The van der Waals surface area contributed by atoms with Crippen LogP contribution in [0.4, 0.5) is 39.0 Å². The number of anilines is 5. The van der Waals surface area contributed by atoms with Gasteiger partial charge >= 0.3 is 6.09 Å². The molecule has 4 heterocycles. The van der Waals surface area contributed by atoms with Crippen molar-refractivity contribution in [2.24, 2.45) is 5.41 Å². The maximum absolute atomic E-state index is 14.4. The van der Waals surface area contributed by atoms with Crippen LogP contribution in [-0.2, 0) is 24.2 Å². The molecule has 2 saturated heterocycles. The third kappa shape index (κ3) is 12.5. The molecule has 0 unspecified atom stereocenters. The Labute approximate surface area is 413 Å². The Morgan fingerprint density at radius 3 is 2.44 bits per heavy atom. The summed E-state index contributed by atoms with van der Waals surface area (Å²) in [5.41, 5.74) is 4.81. The fourth-order valence-corrected chi connectivity index (χ4v) is 10.2. The molecule has 2 fully saturated rings. The average Bonchev–Trinajstić information content (AvgIpc) is 3.53. The molecule has 70 heavy (non-hydrogen) atoms. The Bertz CT molecular complexity index is 2730. The second kappa shape index (κ2) is 21.2. The molecule has 8 rings (SSSR count). The van der Waals surface area contributed by atoms with Crippen LogP contribution in [0.25, 0.3) is 5.57 Å². The summed E-state index contributed by atoms with van der Waals surface area (Å²) >= 11 is 6.27. The van der Waals surface area contributed by atoms with Crippen molar-refractivity contribution >= 4 is 73.5 Å². The molecule has 0 radical (unpaired) electrons. The normalized spacial score (nSPS) is 18.8. The number of nitrogens with zero attached hydrogens (tertiary/aromatic N) is 5. The molecule has 1 atom stereocenters. The van der Waals surface area contributed by atoms with Crippen molar-refractivity contribution < 1.29 is 41.9 Å². The molecule has 4 aromatic rings. The van der Waals surface area contributed by atoms with E-state index in [1.807, 2.05) is 23.1 Å². The lowest BCUT2D eigenvalue weighted by Crippen LogP contribution is -2.47. The summed E-state index contributed by atoms with van der Waals surface area (Å²) in [6.07, 6.45) is 2.59. The van der Waals surface area contributed by atoms with Gasteiger partial charge in [-0.15, -0.1) is 0 Å². The van der Waals surface area contributed by atoms with Gasteiger partial charge in [-0.1, -0.05) is 43.2 Å². The molecule has 4 aliphatic rings. The predicted octanol–water partition coefficient (Wildman–Crippen LogP) is 8.64. The Morgan fingerprint density at radius 2 is 1.73 bits per heavy atom. The minimum atomic E-state index is -4.65. The zero-order valence-corrected chi connectivity index (χ0v) is 41.8. The molecule has 3 N–H and O–H groups in total. The standard InChI is InChI=1S/C50H61ClN8O10S/c1-49(2,3)69-48(61)54-45-16-15-42-47(53-45)68-24-6-19-58(42)43-27-36(57-22-20-56(21-23-57)31-34-17-18-50(4,5)29-40(34)33-7-9-35(51)10-8-33)11-13-39(43)46(60)55-70(64,65)38-12-14-41(44(28-38)59(62)63)52-30-37-32-66-25-26-67-37/h7-16,27-28,37,52H,6,17-26,29-32H2,1-5H3,(H,55,60)(H,53,54,61)/t37-/m0/s1. The van der Waals surface area contributed by atoms with Crippen molar-refractivity contribution in [1.82, 2.24) is 14.6 Å². The van der Waals surface area contributed by atoms with E-state index in [2.05, 4.69) is 56.1 Å². The fraction of sp³-hybridized carbons (Fsp3) is 0.460. The summed E-state index contributed by atoms with van der Waals surface area (Å²) in [7, 11) is -4.65. The number of sulfonamides is 1. The highest BCUT2D eigenvalue weighted by Crippen LogP contribution is 2.44. The fourth-order valence-electron chi connectivity index (χ4n) is 9.11. The van der Waals surface area contributed by atoms with E-state index in [1.54, 1.807) is 45.0 Å². The average molecular weight is 1000 g/mol. The van der Waals surface area contributed by atoms with Gasteiger partial charge in [-0.05, 0) is 118 Å². The van der Waals surface area contributed by atoms with E-state index in [1.165, 1.54) is 28.8 Å². The molecule has 1 aromatic heterocycles. The van der Waals surface area contributed by atoms with Crippen molar-refractivity contribution in [2.45, 2.75) is 76.9 Å². The number of carbonyl (C=O) groups is 2. The quantitative estimate of drug-likeness (QED) is 0.0846. The van der Waals surface area contributed by atoms with Crippen LogP contribution in [0.5, 0.6) is 5.88 Å². The largest absolute Gasteiger partial charge is 0.476 e. The number of allylic oxidation sites excluding steroid dienone is 1. The van der Waals surface area contributed by atoms with Crippen molar-refractivity contribution in [2.75, 3.05) is 92.7 Å². The number of halogens is 1. The van der Waals surface area contributed by atoms with E-state index in [4.69, 9.17) is 30.5 Å². The molecule has 0 saturated carbocycles. The van der Waals surface area contributed by atoms with Crippen LogP contribution in [0.3, 0.4) is 0 Å². The summed E-state index contributed by atoms with van der Waals surface area (Å²) < 4.78 is 52.7. The number of aromatic nitrogens is 1. The van der Waals surface area contributed by atoms with Crippen molar-refractivity contribution in [3.63, 3.8) is 0 Å². The second-order valence-electron chi connectivity index (χ2n) is 19.7. The highest BCUT2D eigenvalue weighted by atomic mass is 35.5. The van der Waals surface area contributed by atoms with Gasteiger partial charge < -0.3 is 34.1 Å². The van der Waals surface area contributed by atoms with E-state index in [0.717, 1.165) is 50.7 Å². The summed E-state index contributed by atoms with van der Waals surface area (Å²) in [5.74, 6) is -0.579. The number of benzene rings is 3. The molecular formula is C50H61ClN8O10S. The number of amides is 2. The maximum Gasteiger partial charge on any atom is 0.413 e. The van der Waals surface area contributed by atoms with Crippen LogP contribution >= 0.6 is 11.6 Å². The van der Waals surface area contributed by atoms with Gasteiger partial charge in [0.1, 0.15) is 22.8 Å². The molecule has 2 amide bonds. The minimum absolute atomic E-state index is 0.0270. The van der Waals surface area contributed by atoms with Crippen molar-refractivity contribution in [3.05, 3.63) is 105 Å². The lowest BCUT2D eigenvalue weighted by molar-refractivity contribution is -0.384. The minimum Gasteiger partial charge on any atom is -0.476 e. The smallest absolute Gasteiger partial charge is 0.413 e. The molecular weight excluding hydrogens is 940 g/mol. The highest BCUT2D eigenvalue weighted by Gasteiger charge is 2.32. The lowest BCUT2D eigenvalue weighted by atomic mass is 9.72. The van der Waals surface area contributed by atoms with E-state index >= 15 is 0 Å². The highest BCUT2D eigenvalue weighted by molar-refractivity contribution is 7.90. The van der Waals surface area contributed by atoms with E-state index in [9.17, 15) is 28.1 Å². The zero-order valence-electron chi connectivity index (χ0n) is 40.2. The van der Waals surface area contributed by atoms with Crippen LogP contribution in [0, 0.1) is 15.5 Å². The SMILES string of the molecule is CC1(C)CCC(CN2CCN(c3ccc(C(=O)NS(=O)(=O)c4ccc(NC[C@H]5COCCO5)c([N+](=O)[O-])c4)c(N4CCCOc5nc(NC(=O)OC(C)(C)C)ccc54)c3)CC2)=C(c2ccc(Cl)cc2)C1. The van der Waals surface area contributed by atoms with Gasteiger partial charge in [0, 0.05) is 62.6 Å². The number of carbonyl (C=O) groups excluding carboxylic acids is 2. The van der Waals surface area contributed by atoms with Crippen molar-refractivity contribution in [3.8, 4) is 5.88 Å². The first kappa shape index (κ1) is 50.4. The topological polar surface area (TPSA) is 207 Å². The van der Waals surface area contributed by atoms with Crippen molar-refractivity contribution in [1.29, 1.82) is 0 Å². The number of hydrogen-bond donors (Lipinski definition) is 3. The zero-order chi connectivity index (χ0) is 49.8. The van der Waals surface area contributed by atoms with Crippen LogP contribution < -0.4 is 29.9 Å². The summed E-state index contributed by atoms with van der Waals surface area (Å²) in [6, 6.07) is 20.1. The van der Waals surface area contributed by atoms with Gasteiger partial charge in [-0.3, -0.25) is 25.1 Å². The molecule has 20 heteroatoms. The van der Waals surface area contributed by atoms with Gasteiger partial charge in [0.2, 0.25) is 5.88 Å². The number of rotatable bonds is 13. The number of pyridine rings is 1. The van der Waals surface area contributed by atoms with Gasteiger partial charge in [-0.2, -0.15) is 4.98 Å². The van der Waals surface area contributed by atoms with Gasteiger partial charge in [0.15, 0.2) is 0 Å². The Morgan fingerprint density at radius 1 is 0.957 bits per heavy atom. The number of piperazine rings is 1. The number of fused-ring (bicyclic) bond motifs is 1. The summed E-state index contributed by atoms with van der Waals surface area (Å²) in [4.78, 5) is 49.3. The second-order valence-corrected chi connectivity index (χ2v) is 21.8. The van der Waals surface area contributed by atoms with Crippen LogP contribution in [0.1, 0.15) is 76.2 Å². The molecule has 18 nitrogen and oxygen atoms in total. The molecule has 3 aliphatic heterocycles. The number of nitro benzene ring substituents is 1. The molecule has 0 bridgehead atoms. The number of hydrogen-bond acceptors (Lipinski definition) is 15. The molecule has 0 spiro atoms. The molecule has 374 valence electrons. The Hall–Kier alpha value is -5.99. The first-order chi connectivity index (χ1) is 33.3. The number of nitrogens with one attached hydrogen (secondary N) is 3. The monoisotopic (exact) mass is 1000 g/mol. The van der Waals surface area contributed by atoms with Gasteiger partial charge in [0.25, 0.3) is 21.6 Å². The van der Waals surface area contributed by atoms with Crippen LogP contribution in [-0.4, -0.2) is 119 Å².